The van der Waals surface area contributed by atoms with Crippen LogP contribution < -0.4 is 9.47 Å². The maximum atomic E-state index is 11.4. The smallest absolute Gasteiger partial charge is 0.344 e. The Bertz CT molecular complexity index is 704. The van der Waals surface area contributed by atoms with E-state index in [1.807, 2.05) is 0 Å². The van der Waals surface area contributed by atoms with Crippen molar-refractivity contribution in [2.24, 2.45) is 0 Å². The molecule has 0 aliphatic carbocycles. The number of halogens is 3. The van der Waals surface area contributed by atoms with Gasteiger partial charge in [-0.25, -0.2) is 4.79 Å². The number of rotatable bonds is 6. The lowest BCUT2D eigenvalue weighted by atomic mass is 10.3. The van der Waals surface area contributed by atoms with Crippen LogP contribution in [-0.4, -0.2) is 19.2 Å². The van der Waals surface area contributed by atoms with Crippen LogP contribution in [0.25, 0.3) is 0 Å². The number of hydrogen-bond acceptors (Lipinski definition) is 4. The second kappa shape index (κ2) is 8.29. The van der Waals surface area contributed by atoms with Gasteiger partial charge in [0.2, 0.25) is 0 Å². The van der Waals surface area contributed by atoms with Crippen molar-refractivity contribution in [1.29, 1.82) is 0 Å². The zero-order valence-corrected chi connectivity index (χ0v) is 14.4. The normalized spacial score (nSPS) is 10.3. The number of carbonyl (C=O) groups is 1. The van der Waals surface area contributed by atoms with Gasteiger partial charge in [-0.1, -0.05) is 34.8 Å². The Hall–Kier alpha value is -1.62. The van der Waals surface area contributed by atoms with Crippen LogP contribution >= 0.6 is 34.8 Å². The monoisotopic (exact) mass is 374 g/mol. The molecule has 0 amide bonds. The molecule has 2 aromatic carbocycles. The largest absolute Gasteiger partial charge is 0.478 e. The Balaban J connectivity index is 2.19. The van der Waals surface area contributed by atoms with Crippen LogP contribution in [0.5, 0.6) is 17.2 Å². The van der Waals surface area contributed by atoms with Crippen molar-refractivity contribution >= 4 is 40.8 Å². The van der Waals surface area contributed by atoms with E-state index in [0.29, 0.717) is 32.3 Å². The topological polar surface area (TPSA) is 44.8 Å². The summed E-state index contributed by atoms with van der Waals surface area (Å²) >= 11 is 17.9. The summed E-state index contributed by atoms with van der Waals surface area (Å²) in [6.07, 6.45) is 0. The lowest BCUT2D eigenvalue weighted by Gasteiger charge is -2.13. The van der Waals surface area contributed by atoms with Crippen molar-refractivity contribution in [3.05, 3.63) is 51.5 Å². The average molecular weight is 376 g/mol. The zero-order valence-electron chi connectivity index (χ0n) is 12.1. The van der Waals surface area contributed by atoms with E-state index in [4.69, 9.17) is 49.0 Å². The van der Waals surface area contributed by atoms with Gasteiger partial charge < -0.3 is 14.2 Å². The van der Waals surface area contributed by atoms with Gasteiger partial charge in [-0.3, -0.25) is 0 Å². The van der Waals surface area contributed by atoms with Crippen LogP contribution in [0.1, 0.15) is 6.92 Å². The molecule has 7 heteroatoms. The highest BCUT2D eigenvalue weighted by Crippen LogP contribution is 2.37. The highest BCUT2D eigenvalue weighted by atomic mass is 35.5. The Kier molecular flexibility index (Phi) is 6.39. The second-order valence-electron chi connectivity index (χ2n) is 4.36. The maximum Gasteiger partial charge on any atom is 0.344 e. The van der Waals surface area contributed by atoms with Gasteiger partial charge in [0.1, 0.15) is 5.75 Å². The molecule has 122 valence electrons. The summed E-state index contributed by atoms with van der Waals surface area (Å²) in [5.74, 6) is 0.585. The molecule has 0 unspecified atom stereocenters. The third-order valence-corrected chi connectivity index (χ3v) is 3.44. The molecule has 0 fully saturated rings. The molecule has 0 N–H and O–H groups in total. The molecule has 2 rings (SSSR count). The van der Waals surface area contributed by atoms with E-state index in [-0.39, 0.29) is 13.2 Å². The molecule has 0 atom stereocenters. The van der Waals surface area contributed by atoms with Gasteiger partial charge in [-0.2, -0.15) is 0 Å². The van der Waals surface area contributed by atoms with E-state index in [1.54, 1.807) is 43.3 Å². The predicted molar refractivity (Wildman–Crippen MR) is 90.1 cm³/mol. The first-order valence-corrected chi connectivity index (χ1v) is 7.84. The molecule has 0 bridgehead atoms. The summed E-state index contributed by atoms with van der Waals surface area (Å²) < 4.78 is 15.9. The van der Waals surface area contributed by atoms with Gasteiger partial charge in [-0.15, -0.1) is 0 Å². The van der Waals surface area contributed by atoms with Crippen LogP contribution in [0.4, 0.5) is 0 Å². The Morgan fingerprint density at radius 1 is 0.957 bits per heavy atom. The number of ether oxygens (including phenoxy) is 3. The molecule has 0 saturated heterocycles. The number of esters is 1. The van der Waals surface area contributed by atoms with Crippen molar-refractivity contribution in [3.8, 4) is 17.2 Å². The fourth-order valence-electron chi connectivity index (χ4n) is 1.69. The third kappa shape index (κ3) is 5.20. The molecule has 0 spiro atoms. The molecular weight excluding hydrogens is 363 g/mol. The van der Waals surface area contributed by atoms with Crippen molar-refractivity contribution in [1.82, 2.24) is 0 Å². The minimum Gasteiger partial charge on any atom is -0.478 e. The fraction of sp³-hybridized carbons (Fsp3) is 0.188. The Morgan fingerprint density at radius 3 is 2.26 bits per heavy atom. The first-order chi connectivity index (χ1) is 11.0. The van der Waals surface area contributed by atoms with Gasteiger partial charge in [0.15, 0.2) is 18.1 Å². The maximum absolute atomic E-state index is 11.4. The molecule has 23 heavy (non-hydrogen) atoms. The molecule has 2 aromatic rings. The first kappa shape index (κ1) is 17.7. The van der Waals surface area contributed by atoms with Gasteiger partial charge in [0, 0.05) is 16.1 Å². The van der Waals surface area contributed by atoms with Gasteiger partial charge in [0.05, 0.1) is 11.6 Å². The lowest BCUT2D eigenvalue weighted by Crippen LogP contribution is -2.14. The molecule has 0 saturated carbocycles. The van der Waals surface area contributed by atoms with E-state index in [0.717, 1.165) is 0 Å². The number of hydrogen-bond donors (Lipinski definition) is 0. The molecule has 4 nitrogen and oxygen atoms in total. The van der Waals surface area contributed by atoms with Crippen molar-refractivity contribution < 1.29 is 19.0 Å². The summed E-state index contributed by atoms with van der Waals surface area (Å²) in [6.45, 7) is 1.74. The van der Waals surface area contributed by atoms with Crippen LogP contribution in [0.2, 0.25) is 15.1 Å². The minimum atomic E-state index is -0.483. The summed E-state index contributed by atoms with van der Waals surface area (Å²) in [4.78, 5) is 11.4. The minimum absolute atomic E-state index is 0.251. The van der Waals surface area contributed by atoms with E-state index in [1.165, 1.54) is 0 Å². The highest BCUT2D eigenvalue weighted by molar-refractivity contribution is 6.35. The van der Waals surface area contributed by atoms with Crippen LogP contribution in [0.3, 0.4) is 0 Å². The summed E-state index contributed by atoms with van der Waals surface area (Å²) in [7, 11) is 0. The zero-order chi connectivity index (χ0) is 16.8. The van der Waals surface area contributed by atoms with E-state index < -0.39 is 5.97 Å². The first-order valence-electron chi connectivity index (χ1n) is 6.70. The van der Waals surface area contributed by atoms with E-state index in [9.17, 15) is 4.79 Å². The summed E-state index contributed by atoms with van der Waals surface area (Å²) in [5, 5.41) is 1.29. The standard InChI is InChI=1S/C16H13Cl3O4/c1-2-21-16(20)9-22-15-8-11(18)4-6-14(15)23-13-5-3-10(17)7-12(13)19/h3-8H,2,9H2,1H3. The van der Waals surface area contributed by atoms with E-state index in [2.05, 4.69) is 0 Å². The van der Waals surface area contributed by atoms with Gasteiger partial charge in [-0.05, 0) is 37.3 Å². The molecule has 0 radical (unpaired) electrons. The quantitative estimate of drug-likeness (QED) is 0.636. The van der Waals surface area contributed by atoms with Gasteiger partial charge >= 0.3 is 5.97 Å². The van der Waals surface area contributed by atoms with Crippen LogP contribution in [-0.2, 0) is 9.53 Å². The number of benzene rings is 2. The second-order valence-corrected chi connectivity index (χ2v) is 5.64. The Labute approximate surface area is 148 Å². The van der Waals surface area contributed by atoms with Crippen molar-refractivity contribution in [2.75, 3.05) is 13.2 Å². The highest BCUT2D eigenvalue weighted by Gasteiger charge is 2.12. The van der Waals surface area contributed by atoms with Crippen LogP contribution in [0, 0.1) is 0 Å². The number of carbonyl (C=O) groups excluding carboxylic acids is 1. The molecule has 0 aliphatic rings. The van der Waals surface area contributed by atoms with Gasteiger partial charge in [0.25, 0.3) is 0 Å². The predicted octanol–water partition coefficient (Wildman–Crippen LogP) is 5.38. The Morgan fingerprint density at radius 2 is 1.61 bits per heavy atom. The molecule has 0 heterocycles. The van der Waals surface area contributed by atoms with E-state index >= 15 is 0 Å². The lowest BCUT2D eigenvalue weighted by molar-refractivity contribution is -0.145. The molecule has 0 aliphatic heterocycles. The fourth-order valence-corrected chi connectivity index (χ4v) is 2.30. The SMILES string of the molecule is CCOC(=O)COc1cc(Cl)ccc1Oc1ccc(Cl)cc1Cl. The summed E-state index contributed by atoms with van der Waals surface area (Å²) in [5.41, 5.74) is 0. The average Bonchev–Trinajstić information content (AvgIpc) is 2.50. The molecule has 0 aromatic heterocycles. The van der Waals surface area contributed by atoms with Crippen molar-refractivity contribution in [2.45, 2.75) is 6.92 Å². The van der Waals surface area contributed by atoms with Crippen LogP contribution in [0.15, 0.2) is 36.4 Å². The third-order valence-electron chi connectivity index (χ3n) is 2.67. The summed E-state index contributed by atoms with van der Waals surface area (Å²) in [6, 6.07) is 9.64. The van der Waals surface area contributed by atoms with Crippen molar-refractivity contribution in [3.63, 3.8) is 0 Å². The molecular formula is C16H13Cl3O4.